The second kappa shape index (κ2) is 4.17. The van der Waals surface area contributed by atoms with Gasteiger partial charge in [-0.1, -0.05) is 0 Å². The van der Waals surface area contributed by atoms with E-state index in [2.05, 4.69) is 0 Å². The molecule has 1 aliphatic heterocycles. The molecule has 9 heteroatoms. The van der Waals surface area contributed by atoms with Gasteiger partial charge in [-0.05, 0) is 0 Å². The van der Waals surface area contributed by atoms with Crippen molar-refractivity contribution in [3.05, 3.63) is 0 Å². The van der Waals surface area contributed by atoms with Crippen molar-refractivity contribution in [1.82, 2.24) is 4.90 Å². The van der Waals surface area contributed by atoms with Crippen LogP contribution in [0.3, 0.4) is 0 Å². The van der Waals surface area contributed by atoms with Gasteiger partial charge in [0.15, 0.2) is 6.23 Å². The summed E-state index contributed by atoms with van der Waals surface area (Å²) in [6.45, 7) is -1.00. The summed E-state index contributed by atoms with van der Waals surface area (Å²) >= 11 is 0. The zero-order valence-corrected chi connectivity index (χ0v) is 7.79. The molecule has 1 amide bonds. The van der Waals surface area contributed by atoms with Crippen molar-refractivity contribution >= 4 is 5.91 Å². The summed E-state index contributed by atoms with van der Waals surface area (Å²) in [6, 6.07) is -1.68. The zero-order chi connectivity index (χ0) is 12.7. The van der Waals surface area contributed by atoms with Crippen molar-refractivity contribution in [2.24, 2.45) is 0 Å². The standard InChI is InChI=1S/C7H10F3NO5/c8-7(9,10)6(16)11-2(1-12)3(13)4(14)5(11)15/h2-5,12-15H,1H2/t2-,3-,4+,5?/m1/s1. The number of likely N-dealkylation sites (tertiary alicyclic amines) is 1. The maximum absolute atomic E-state index is 12.1. The molecule has 0 aromatic heterocycles. The second-order valence-corrected chi connectivity index (χ2v) is 3.35. The Morgan fingerprint density at radius 1 is 1.19 bits per heavy atom. The van der Waals surface area contributed by atoms with Gasteiger partial charge in [0.25, 0.3) is 0 Å². The van der Waals surface area contributed by atoms with Crippen LogP contribution >= 0.6 is 0 Å². The summed E-state index contributed by atoms with van der Waals surface area (Å²) in [5, 5.41) is 36.1. The van der Waals surface area contributed by atoms with E-state index in [0.717, 1.165) is 0 Å². The first-order valence-corrected chi connectivity index (χ1v) is 4.26. The number of carbonyl (C=O) groups excluding carboxylic acids is 1. The van der Waals surface area contributed by atoms with Gasteiger partial charge in [0.05, 0.1) is 12.6 Å². The Morgan fingerprint density at radius 2 is 1.69 bits per heavy atom. The third-order valence-corrected chi connectivity index (χ3v) is 2.36. The summed E-state index contributed by atoms with van der Waals surface area (Å²) in [5.41, 5.74) is 0. The van der Waals surface area contributed by atoms with Gasteiger partial charge in [-0.25, -0.2) is 0 Å². The van der Waals surface area contributed by atoms with Crippen LogP contribution in [0.25, 0.3) is 0 Å². The first-order valence-electron chi connectivity index (χ1n) is 4.26. The third-order valence-electron chi connectivity index (χ3n) is 2.36. The molecule has 16 heavy (non-hydrogen) atoms. The molecule has 0 saturated carbocycles. The molecule has 0 bridgehead atoms. The SMILES string of the molecule is O=C(N1C(O)[C@@H](O)[C@H](O)[C@H]1CO)C(F)(F)F. The molecule has 1 unspecified atom stereocenters. The number of aliphatic hydroxyl groups excluding tert-OH is 4. The fourth-order valence-corrected chi connectivity index (χ4v) is 1.54. The first kappa shape index (κ1) is 13.2. The molecule has 0 aromatic rings. The Labute approximate surface area is 87.5 Å². The van der Waals surface area contributed by atoms with E-state index in [4.69, 9.17) is 15.3 Å². The van der Waals surface area contributed by atoms with Crippen LogP contribution in [0.2, 0.25) is 0 Å². The third kappa shape index (κ3) is 1.98. The quantitative estimate of drug-likeness (QED) is 0.419. The molecule has 1 rings (SSSR count). The van der Waals surface area contributed by atoms with Crippen molar-refractivity contribution in [2.45, 2.75) is 30.7 Å². The van der Waals surface area contributed by atoms with E-state index < -0.39 is 43.2 Å². The number of amides is 1. The molecular formula is C7H10F3NO5. The average Bonchev–Trinajstić information content (AvgIpc) is 2.39. The Morgan fingerprint density at radius 3 is 2.06 bits per heavy atom. The van der Waals surface area contributed by atoms with Crippen LogP contribution < -0.4 is 0 Å². The van der Waals surface area contributed by atoms with Gasteiger partial charge in [0, 0.05) is 0 Å². The van der Waals surface area contributed by atoms with Crippen LogP contribution in [0.15, 0.2) is 0 Å². The van der Waals surface area contributed by atoms with E-state index in [1.165, 1.54) is 0 Å². The molecule has 6 nitrogen and oxygen atoms in total. The van der Waals surface area contributed by atoms with E-state index in [1.807, 2.05) is 0 Å². The van der Waals surface area contributed by atoms with Gasteiger partial charge in [-0.2, -0.15) is 13.2 Å². The highest BCUT2D eigenvalue weighted by Gasteiger charge is 2.55. The number of hydrogen-bond donors (Lipinski definition) is 4. The van der Waals surface area contributed by atoms with Crippen molar-refractivity contribution < 1.29 is 38.4 Å². The van der Waals surface area contributed by atoms with Crippen LogP contribution in [0.5, 0.6) is 0 Å². The topological polar surface area (TPSA) is 101 Å². The number of carbonyl (C=O) groups is 1. The lowest BCUT2D eigenvalue weighted by molar-refractivity contribution is -0.197. The lowest BCUT2D eigenvalue weighted by atomic mass is 10.1. The molecule has 0 aliphatic carbocycles. The number of halogens is 3. The van der Waals surface area contributed by atoms with Crippen LogP contribution in [-0.2, 0) is 4.79 Å². The predicted molar refractivity (Wildman–Crippen MR) is 41.8 cm³/mol. The zero-order valence-electron chi connectivity index (χ0n) is 7.79. The summed E-state index contributed by atoms with van der Waals surface area (Å²) in [4.78, 5) is 10.7. The number of rotatable bonds is 1. The number of nitrogens with zero attached hydrogens (tertiary/aromatic N) is 1. The first-order chi connectivity index (χ1) is 7.21. The molecule has 1 fully saturated rings. The van der Waals surface area contributed by atoms with E-state index >= 15 is 0 Å². The average molecular weight is 245 g/mol. The van der Waals surface area contributed by atoms with Crippen molar-refractivity contribution in [3.63, 3.8) is 0 Å². The highest BCUT2D eigenvalue weighted by atomic mass is 19.4. The van der Waals surface area contributed by atoms with Crippen LogP contribution in [0.1, 0.15) is 0 Å². The summed E-state index contributed by atoms with van der Waals surface area (Å²) in [5.74, 6) is -2.42. The molecule has 0 radical (unpaired) electrons. The minimum Gasteiger partial charge on any atom is -0.394 e. The minimum atomic E-state index is -5.25. The number of aliphatic hydroxyl groups is 4. The van der Waals surface area contributed by atoms with E-state index in [1.54, 1.807) is 0 Å². The highest BCUT2D eigenvalue weighted by molar-refractivity contribution is 5.82. The lowest BCUT2D eigenvalue weighted by Gasteiger charge is -2.27. The minimum absolute atomic E-state index is 0.171. The Balaban J connectivity index is 2.98. The van der Waals surface area contributed by atoms with Crippen LogP contribution in [0.4, 0.5) is 13.2 Å². The van der Waals surface area contributed by atoms with Crippen LogP contribution in [0, 0.1) is 0 Å². The molecule has 4 atom stereocenters. The predicted octanol–water partition coefficient (Wildman–Crippen LogP) is -2.21. The van der Waals surface area contributed by atoms with E-state index in [0.29, 0.717) is 0 Å². The molecule has 1 heterocycles. The van der Waals surface area contributed by atoms with Gasteiger partial charge in [-0.15, -0.1) is 0 Å². The van der Waals surface area contributed by atoms with Crippen molar-refractivity contribution in [2.75, 3.05) is 6.61 Å². The Hall–Kier alpha value is -0.900. The number of hydrogen-bond acceptors (Lipinski definition) is 5. The molecule has 4 N–H and O–H groups in total. The van der Waals surface area contributed by atoms with Crippen LogP contribution in [-0.4, -0.2) is 68.5 Å². The maximum Gasteiger partial charge on any atom is 0.471 e. The molecule has 0 aromatic carbocycles. The van der Waals surface area contributed by atoms with Gasteiger partial charge >= 0.3 is 12.1 Å². The van der Waals surface area contributed by atoms with Gasteiger partial charge < -0.3 is 20.4 Å². The Kier molecular flexibility index (Phi) is 3.43. The molecule has 0 spiro atoms. The largest absolute Gasteiger partial charge is 0.471 e. The fraction of sp³-hybridized carbons (Fsp3) is 0.857. The molecular weight excluding hydrogens is 235 g/mol. The van der Waals surface area contributed by atoms with Crippen molar-refractivity contribution in [3.8, 4) is 0 Å². The van der Waals surface area contributed by atoms with E-state index in [9.17, 15) is 23.1 Å². The van der Waals surface area contributed by atoms with Crippen molar-refractivity contribution in [1.29, 1.82) is 0 Å². The second-order valence-electron chi connectivity index (χ2n) is 3.35. The Bertz CT molecular complexity index is 284. The summed E-state index contributed by atoms with van der Waals surface area (Å²) in [7, 11) is 0. The number of alkyl halides is 3. The molecule has 94 valence electrons. The van der Waals surface area contributed by atoms with E-state index in [-0.39, 0.29) is 4.90 Å². The summed E-state index contributed by atoms with van der Waals surface area (Å²) in [6.07, 6.45) is -11.2. The fourth-order valence-electron chi connectivity index (χ4n) is 1.54. The maximum atomic E-state index is 12.1. The molecule has 1 saturated heterocycles. The monoisotopic (exact) mass is 245 g/mol. The molecule has 1 aliphatic rings. The van der Waals surface area contributed by atoms with Gasteiger partial charge in [-0.3, -0.25) is 9.69 Å². The lowest BCUT2D eigenvalue weighted by Crippen LogP contribution is -2.51. The normalized spacial score (nSPS) is 35.6. The van der Waals surface area contributed by atoms with Gasteiger partial charge in [0.1, 0.15) is 12.2 Å². The smallest absolute Gasteiger partial charge is 0.394 e. The summed E-state index contributed by atoms with van der Waals surface area (Å²) < 4.78 is 36.3. The highest BCUT2D eigenvalue weighted by Crippen LogP contribution is 2.29. The van der Waals surface area contributed by atoms with Gasteiger partial charge in [0.2, 0.25) is 0 Å².